The van der Waals surface area contributed by atoms with Gasteiger partial charge in [-0.05, 0) is 67.0 Å². The zero-order chi connectivity index (χ0) is 19.4. The molecule has 4 heteroatoms. The Balaban J connectivity index is 1.40. The molecule has 1 unspecified atom stereocenters. The molecule has 0 saturated carbocycles. The molecule has 2 fully saturated rings. The van der Waals surface area contributed by atoms with Crippen molar-refractivity contribution in [3.8, 4) is 11.5 Å². The number of fused-ring (bicyclic) bond motifs is 2. The molecule has 6 rings (SSSR count). The summed E-state index contributed by atoms with van der Waals surface area (Å²) < 4.78 is 12.6. The lowest BCUT2D eigenvalue weighted by Crippen LogP contribution is -2.45. The first-order valence-electron chi connectivity index (χ1n) is 11.2. The topological polar surface area (TPSA) is 33.7 Å². The summed E-state index contributed by atoms with van der Waals surface area (Å²) in [5.41, 5.74) is 4.30. The van der Waals surface area contributed by atoms with Crippen LogP contribution in [0, 0.1) is 17.8 Å². The van der Waals surface area contributed by atoms with Crippen molar-refractivity contribution in [2.24, 2.45) is 17.8 Å². The van der Waals surface area contributed by atoms with Crippen LogP contribution in [0.25, 0.3) is 0 Å². The Labute approximate surface area is 173 Å². The molecule has 1 aromatic rings. The van der Waals surface area contributed by atoms with Gasteiger partial charge >= 0.3 is 0 Å². The van der Waals surface area contributed by atoms with Crippen LogP contribution < -0.4 is 14.8 Å². The van der Waals surface area contributed by atoms with Crippen molar-refractivity contribution in [1.29, 1.82) is 0 Å². The first-order valence-corrected chi connectivity index (χ1v) is 11.2. The molecule has 0 spiro atoms. The van der Waals surface area contributed by atoms with Gasteiger partial charge in [0.25, 0.3) is 0 Å². The van der Waals surface area contributed by atoms with Gasteiger partial charge in [0, 0.05) is 19.0 Å². The van der Waals surface area contributed by atoms with Crippen molar-refractivity contribution in [3.05, 3.63) is 59.2 Å². The molecule has 2 saturated heterocycles. The van der Waals surface area contributed by atoms with E-state index in [9.17, 15) is 0 Å². The minimum atomic E-state index is 0.115. The average molecular weight is 391 g/mol. The standard InChI is InChI=1S/C25H30N2O2/c1-28-22-8-4-7-17-10-9-16-5-2-3-6-18-11-21(25(23(16)18)29-24(17)22)27-14-19-12-26-13-20(19)15-27/h2-8,16,19-21,25-26H,9-15H2,1H3/t16?,19-,20+,21-,25+/m1/s1. The third kappa shape index (κ3) is 2.88. The summed E-state index contributed by atoms with van der Waals surface area (Å²) in [5, 5.41) is 3.58. The third-order valence-electron chi connectivity index (χ3n) is 7.74. The van der Waals surface area contributed by atoms with Crippen molar-refractivity contribution in [2.75, 3.05) is 33.3 Å². The van der Waals surface area contributed by atoms with Crippen LogP contribution in [0.3, 0.4) is 0 Å². The maximum absolute atomic E-state index is 6.91. The molecule has 4 nitrogen and oxygen atoms in total. The van der Waals surface area contributed by atoms with E-state index < -0.39 is 0 Å². The van der Waals surface area contributed by atoms with Crippen LogP contribution in [0.1, 0.15) is 18.4 Å². The summed E-state index contributed by atoms with van der Waals surface area (Å²) in [6.45, 7) is 4.75. The molecular formula is C25H30N2O2. The van der Waals surface area contributed by atoms with Gasteiger partial charge in [-0.1, -0.05) is 36.4 Å². The Morgan fingerprint density at radius 1 is 1.14 bits per heavy atom. The molecule has 3 aliphatic heterocycles. The van der Waals surface area contributed by atoms with Crippen molar-refractivity contribution < 1.29 is 9.47 Å². The Morgan fingerprint density at radius 3 is 2.83 bits per heavy atom. The van der Waals surface area contributed by atoms with Crippen molar-refractivity contribution in [2.45, 2.75) is 31.4 Å². The normalized spacial score (nSPS) is 35.4. The van der Waals surface area contributed by atoms with Crippen LogP contribution in [0.2, 0.25) is 0 Å². The Hall–Kier alpha value is -2.04. The number of methoxy groups -OCH3 is 1. The van der Waals surface area contributed by atoms with Gasteiger partial charge in [-0.15, -0.1) is 0 Å². The van der Waals surface area contributed by atoms with Gasteiger partial charge in [-0.25, -0.2) is 0 Å². The molecule has 1 aromatic carbocycles. The smallest absolute Gasteiger partial charge is 0.165 e. The molecule has 0 radical (unpaired) electrons. The van der Waals surface area contributed by atoms with E-state index in [1.165, 1.54) is 42.9 Å². The minimum Gasteiger partial charge on any atom is -0.493 e. The summed E-state index contributed by atoms with van der Waals surface area (Å²) in [6.07, 6.45) is 12.6. The van der Waals surface area contributed by atoms with Gasteiger partial charge in [-0.3, -0.25) is 4.90 Å². The van der Waals surface area contributed by atoms with E-state index in [1.54, 1.807) is 7.11 Å². The molecule has 0 bridgehead atoms. The molecule has 2 aliphatic carbocycles. The number of hydrogen-bond donors (Lipinski definition) is 1. The third-order valence-corrected chi connectivity index (χ3v) is 7.74. The summed E-state index contributed by atoms with van der Waals surface area (Å²) in [7, 11) is 1.75. The van der Waals surface area contributed by atoms with Crippen molar-refractivity contribution in [3.63, 3.8) is 0 Å². The largest absolute Gasteiger partial charge is 0.493 e. The number of benzene rings is 1. The lowest BCUT2D eigenvalue weighted by Gasteiger charge is -2.35. The molecule has 0 amide bonds. The van der Waals surface area contributed by atoms with Crippen LogP contribution in [0.15, 0.2) is 53.6 Å². The molecule has 5 atom stereocenters. The molecule has 29 heavy (non-hydrogen) atoms. The second-order valence-electron chi connectivity index (χ2n) is 9.26. The van der Waals surface area contributed by atoms with Crippen molar-refractivity contribution in [1.82, 2.24) is 10.2 Å². The predicted octanol–water partition coefficient (Wildman–Crippen LogP) is 3.35. The molecule has 0 aromatic heterocycles. The fraction of sp³-hybridized carbons (Fsp3) is 0.520. The summed E-state index contributed by atoms with van der Waals surface area (Å²) in [5.74, 6) is 3.92. The number of likely N-dealkylation sites (tertiary alicyclic amines) is 1. The van der Waals surface area contributed by atoms with E-state index in [4.69, 9.17) is 9.47 Å². The van der Waals surface area contributed by atoms with Crippen LogP contribution in [0.4, 0.5) is 0 Å². The fourth-order valence-corrected chi connectivity index (χ4v) is 6.29. The zero-order valence-corrected chi connectivity index (χ0v) is 17.1. The van der Waals surface area contributed by atoms with Crippen molar-refractivity contribution >= 4 is 0 Å². The quantitative estimate of drug-likeness (QED) is 0.840. The lowest BCUT2D eigenvalue weighted by atomic mass is 9.86. The summed E-state index contributed by atoms with van der Waals surface area (Å²) in [6, 6.07) is 6.77. The molecule has 5 aliphatic rings. The maximum Gasteiger partial charge on any atom is 0.165 e. The van der Waals surface area contributed by atoms with E-state index in [-0.39, 0.29) is 6.10 Å². The molecule has 3 heterocycles. The van der Waals surface area contributed by atoms with Gasteiger partial charge in [-0.2, -0.15) is 0 Å². The van der Waals surface area contributed by atoms with E-state index >= 15 is 0 Å². The molecule has 152 valence electrons. The highest BCUT2D eigenvalue weighted by molar-refractivity contribution is 5.51. The second-order valence-corrected chi connectivity index (χ2v) is 9.26. The van der Waals surface area contributed by atoms with E-state index in [2.05, 4.69) is 46.7 Å². The zero-order valence-electron chi connectivity index (χ0n) is 17.1. The number of nitrogens with one attached hydrogen (secondary N) is 1. The average Bonchev–Trinajstić information content (AvgIpc) is 3.37. The highest BCUT2D eigenvalue weighted by atomic mass is 16.5. The van der Waals surface area contributed by atoms with E-state index in [0.717, 1.165) is 42.6 Å². The number of nitrogens with zero attached hydrogens (tertiary/aromatic N) is 1. The van der Waals surface area contributed by atoms with E-state index in [0.29, 0.717) is 12.0 Å². The number of aryl methyl sites for hydroxylation is 1. The first kappa shape index (κ1) is 17.8. The Bertz CT molecular complexity index is 890. The Morgan fingerprint density at radius 2 is 2.00 bits per heavy atom. The van der Waals surface area contributed by atoms with Gasteiger partial charge in [0.1, 0.15) is 6.10 Å². The predicted molar refractivity (Wildman–Crippen MR) is 114 cm³/mol. The minimum absolute atomic E-state index is 0.115. The fourth-order valence-electron chi connectivity index (χ4n) is 6.29. The van der Waals surface area contributed by atoms with E-state index in [1.807, 2.05) is 6.07 Å². The number of para-hydroxylation sites is 1. The summed E-state index contributed by atoms with van der Waals surface area (Å²) >= 11 is 0. The highest BCUT2D eigenvalue weighted by Gasteiger charge is 2.47. The monoisotopic (exact) mass is 390 g/mol. The van der Waals surface area contributed by atoms with Gasteiger partial charge in [0.2, 0.25) is 0 Å². The number of rotatable bonds is 2. The second kappa shape index (κ2) is 7.03. The van der Waals surface area contributed by atoms with Crippen LogP contribution in [-0.4, -0.2) is 50.3 Å². The van der Waals surface area contributed by atoms with Gasteiger partial charge in [0.05, 0.1) is 13.2 Å². The first-order chi connectivity index (χ1) is 14.3. The maximum atomic E-state index is 6.91. The number of ether oxygens (including phenoxy) is 2. The van der Waals surface area contributed by atoms with Crippen LogP contribution >= 0.6 is 0 Å². The van der Waals surface area contributed by atoms with Crippen LogP contribution in [0.5, 0.6) is 11.5 Å². The number of hydrogen-bond acceptors (Lipinski definition) is 4. The lowest BCUT2D eigenvalue weighted by molar-refractivity contribution is 0.101. The van der Waals surface area contributed by atoms with Gasteiger partial charge < -0.3 is 14.8 Å². The number of allylic oxidation sites excluding steroid dienone is 4. The Kier molecular flexibility index (Phi) is 4.31. The SMILES string of the molecule is COc1cccc2c1O[C@@H]1C3=C(C=CC=CC3CC2)C[C@H]1N1C[C@H]2CNC[C@H]2C1. The van der Waals surface area contributed by atoms with Crippen LogP contribution in [-0.2, 0) is 6.42 Å². The van der Waals surface area contributed by atoms with Gasteiger partial charge in [0.15, 0.2) is 11.5 Å². The molecule has 1 N–H and O–H groups in total. The molecular weight excluding hydrogens is 360 g/mol. The highest BCUT2D eigenvalue weighted by Crippen LogP contribution is 2.46. The summed E-state index contributed by atoms with van der Waals surface area (Å²) in [4.78, 5) is 2.74.